The molecule has 4 heteroatoms. The van der Waals surface area contributed by atoms with Gasteiger partial charge in [-0.25, -0.2) is 5.84 Å². The number of nitrogens with two attached hydrogens (primary N) is 1. The average Bonchev–Trinajstić information content (AvgIpc) is 2.79. The zero-order valence-electron chi connectivity index (χ0n) is 10.7. The van der Waals surface area contributed by atoms with Gasteiger partial charge in [0, 0.05) is 13.1 Å². The zero-order valence-corrected chi connectivity index (χ0v) is 10.7. The molecule has 0 saturated heterocycles. The van der Waals surface area contributed by atoms with Crippen molar-refractivity contribution in [3.63, 3.8) is 0 Å². The second kappa shape index (κ2) is 6.74. The Balaban J connectivity index is 2.47. The quantitative estimate of drug-likeness (QED) is 0.290. The molecule has 0 aromatic carbocycles. The van der Waals surface area contributed by atoms with E-state index in [1.165, 1.54) is 32.1 Å². The van der Waals surface area contributed by atoms with Crippen LogP contribution in [0.2, 0.25) is 0 Å². The Morgan fingerprint density at radius 1 is 1.31 bits per heavy atom. The van der Waals surface area contributed by atoms with Crippen molar-refractivity contribution in [1.29, 1.82) is 0 Å². The largest absolute Gasteiger partial charge is 0.355 e. The van der Waals surface area contributed by atoms with E-state index in [1.54, 1.807) is 0 Å². The van der Waals surface area contributed by atoms with Gasteiger partial charge in [0.25, 0.3) is 0 Å². The molecule has 0 atom stereocenters. The van der Waals surface area contributed by atoms with Crippen LogP contribution < -0.4 is 16.6 Å². The normalized spacial score (nSPS) is 19.8. The van der Waals surface area contributed by atoms with E-state index < -0.39 is 0 Å². The molecule has 4 nitrogen and oxygen atoms in total. The third kappa shape index (κ3) is 3.67. The van der Waals surface area contributed by atoms with Gasteiger partial charge < -0.3 is 5.32 Å². The maximum absolute atomic E-state index is 5.44. The van der Waals surface area contributed by atoms with Gasteiger partial charge >= 0.3 is 0 Å². The zero-order chi connectivity index (χ0) is 11.9. The first-order valence-corrected chi connectivity index (χ1v) is 6.51. The number of guanidine groups is 1. The molecule has 0 heterocycles. The minimum Gasteiger partial charge on any atom is -0.355 e. The molecule has 4 N–H and O–H groups in total. The lowest BCUT2D eigenvalue weighted by Crippen LogP contribution is -2.42. The first-order chi connectivity index (χ1) is 7.76. The molecule has 1 saturated carbocycles. The van der Waals surface area contributed by atoms with Crippen LogP contribution in [-0.2, 0) is 0 Å². The first-order valence-electron chi connectivity index (χ1n) is 6.51. The topological polar surface area (TPSA) is 62.4 Å². The number of aliphatic imine (C=N–C) groups is 1. The molecule has 1 aliphatic rings. The smallest absolute Gasteiger partial charge is 0.205 e. The molecule has 0 unspecified atom stereocenters. The third-order valence-corrected chi connectivity index (χ3v) is 3.67. The standard InChI is InChI=1S/C12H26N4/c1-3-9-14-11(16-13)15-10-12(4-2)7-5-6-8-12/h3-10,13H2,1-2H3,(H2,14,15,16). The predicted molar refractivity (Wildman–Crippen MR) is 69.1 cm³/mol. The summed E-state index contributed by atoms with van der Waals surface area (Å²) in [6.07, 6.45) is 7.66. The maximum atomic E-state index is 5.44. The summed E-state index contributed by atoms with van der Waals surface area (Å²) < 4.78 is 0. The summed E-state index contributed by atoms with van der Waals surface area (Å²) >= 11 is 0. The Bertz CT molecular complexity index is 219. The van der Waals surface area contributed by atoms with Crippen LogP contribution in [0, 0.1) is 5.41 Å². The Morgan fingerprint density at radius 2 is 2.00 bits per heavy atom. The molecule has 1 rings (SSSR count). The highest BCUT2D eigenvalue weighted by molar-refractivity contribution is 5.79. The van der Waals surface area contributed by atoms with Gasteiger partial charge in [-0.05, 0) is 31.1 Å². The lowest BCUT2D eigenvalue weighted by atomic mass is 9.84. The highest BCUT2D eigenvalue weighted by Gasteiger charge is 2.31. The Hall–Kier alpha value is -0.770. The lowest BCUT2D eigenvalue weighted by molar-refractivity contribution is 0.297. The van der Waals surface area contributed by atoms with Crippen molar-refractivity contribution in [2.75, 3.05) is 13.1 Å². The maximum Gasteiger partial charge on any atom is 0.205 e. The van der Waals surface area contributed by atoms with E-state index in [-0.39, 0.29) is 0 Å². The Morgan fingerprint density at radius 3 is 2.50 bits per heavy atom. The molecule has 0 aliphatic heterocycles. The molecule has 0 aromatic rings. The van der Waals surface area contributed by atoms with Crippen molar-refractivity contribution in [2.45, 2.75) is 52.4 Å². The fourth-order valence-corrected chi connectivity index (χ4v) is 2.39. The second-order valence-electron chi connectivity index (χ2n) is 4.80. The van der Waals surface area contributed by atoms with Crippen molar-refractivity contribution in [3.05, 3.63) is 0 Å². The van der Waals surface area contributed by atoms with Gasteiger partial charge in [0.2, 0.25) is 5.96 Å². The minimum atomic E-state index is 0.440. The number of nitrogens with zero attached hydrogens (tertiary/aromatic N) is 1. The fraction of sp³-hybridized carbons (Fsp3) is 0.917. The number of hydrogen-bond donors (Lipinski definition) is 3. The molecule has 0 radical (unpaired) electrons. The van der Waals surface area contributed by atoms with Crippen LogP contribution in [0.15, 0.2) is 4.99 Å². The summed E-state index contributed by atoms with van der Waals surface area (Å²) in [6, 6.07) is 0. The number of hydrazine groups is 1. The number of nitrogens with one attached hydrogen (secondary N) is 2. The van der Waals surface area contributed by atoms with Crippen LogP contribution in [0.4, 0.5) is 0 Å². The fourth-order valence-electron chi connectivity index (χ4n) is 2.39. The summed E-state index contributed by atoms with van der Waals surface area (Å²) in [6.45, 7) is 6.23. The van der Waals surface area contributed by atoms with E-state index in [0.29, 0.717) is 5.41 Å². The van der Waals surface area contributed by atoms with Crippen molar-refractivity contribution < 1.29 is 0 Å². The van der Waals surface area contributed by atoms with Crippen LogP contribution in [0.25, 0.3) is 0 Å². The lowest BCUT2D eigenvalue weighted by Gasteiger charge is -2.25. The summed E-state index contributed by atoms with van der Waals surface area (Å²) in [5.41, 5.74) is 3.08. The molecule has 0 spiro atoms. The molecule has 94 valence electrons. The molecule has 0 amide bonds. The SMILES string of the molecule is CCCNC(=NCC1(CC)CCCC1)NN. The van der Waals surface area contributed by atoms with E-state index in [4.69, 9.17) is 5.84 Å². The number of rotatable bonds is 5. The third-order valence-electron chi connectivity index (χ3n) is 3.67. The van der Waals surface area contributed by atoms with Crippen LogP contribution in [0.3, 0.4) is 0 Å². The molecule has 0 bridgehead atoms. The van der Waals surface area contributed by atoms with Gasteiger partial charge in [0.05, 0.1) is 0 Å². The molecular formula is C12H26N4. The van der Waals surface area contributed by atoms with E-state index in [1.807, 2.05) is 0 Å². The van der Waals surface area contributed by atoms with Gasteiger partial charge in [0.15, 0.2) is 0 Å². The van der Waals surface area contributed by atoms with E-state index in [0.717, 1.165) is 25.5 Å². The van der Waals surface area contributed by atoms with Crippen molar-refractivity contribution in [1.82, 2.24) is 10.7 Å². The summed E-state index contributed by atoms with van der Waals surface area (Å²) in [5, 5.41) is 3.20. The van der Waals surface area contributed by atoms with Crippen molar-refractivity contribution in [3.8, 4) is 0 Å². The predicted octanol–water partition coefficient (Wildman–Crippen LogP) is 1.78. The Labute approximate surface area is 99.1 Å². The van der Waals surface area contributed by atoms with E-state index in [9.17, 15) is 0 Å². The van der Waals surface area contributed by atoms with Crippen molar-refractivity contribution >= 4 is 5.96 Å². The van der Waals surface area contributed by atoms with Crippen LogP contribution >= 0.6 is 0 Å². The number of hydrogen-bond acceptors (Lipinski definition) is 2. The van der Waals surface area contributed by atoms with Crippen molar-refractivity contribution in [2.24, 2.45) is 16.3 Å². The highest BCUT2D eigenvalue weighted by Crippen LogP contribution is 2.41. The van der Waals surface area contributed by atoms with Crippen LogP contribution in [-0.4, -0.2) is 19.0 Å². The van der Waals surface area contributed by atoms with Crippen LogP contribution in [0.1, 0.15) is 52.4 Å². The first kappa shape index (κ1) is 13.3. The molecule has 1 fully saturated rings. The average molecular weight is 226 g/mol. The summed E-state index contributed by atoms with van der Waals surface area (Å²) in [7, 11) is 0. The van der Waals surface area contributed by atoms with Gasteiger partial charge in [-0.3, -0.25) is 10.4 Å². The Kier molecular flexibility index (Phi) is 5.60. The molecule has 1 aliphatic carbocycles. The second-order valence-corrected chi connectivity index (χ2v) is 4.80. The van der Waals surface area contributed by atoms with Crippen LogP contribution in [0.5, 0.6) is 0 Å². The molecular weight excluding hydrogens is 200 g/mol. The van der Waals surface area contributed by atoms with E-state index >= 15 is 0 Å². The van der Waals surface area contributed by atoms with Gasteiger partial charge in [0.1, 0.15) is 0 Å². The monoisotopic (exact) mass is 226 g/mol. The molecule has 0 aromatic heterocycles. The summed E-state index contributed by atoms with van der Waals surface area (Å²) in [5.74, 6) is 6.18. The van der Waals surface area contributed by atoms with Gasteiger partial charge in [-0.1, -0.05) is 26.7 Å². The summed E-state index contributed by atoms with van der Waals surface area (Å²) in [4.78, 5) is 4.57. The minimum absolute atomic E-state index is 0.440. The van der Waals surface area contributed by atoms with Gasteiger partial charge in [-0.15, -0.1) is 0 Å². The van der Waals surface area contributed by atoms with Gasteiger partial charge in [-0.2, -0.15) is 0 Å². The highest BCUT2D eigenvalue weighted by atomic mass is 15.3. The molecule has 16 heavy (non-hydrogen) atoms. The van der Waals surface area contributed by atoms with E-state index in [2.05, 4.69) is 29.6 Å².